The van der Waals surface area contributed by atoms with Crippen LogP contribution in [0.2, 0.25) is 0 Å². The predicted molar refractivity (Wildman–Crippen MR) is 84.7 cm³/mol. The summed E-state index contributed by atoms with van der Waals surface area (Å²) in [6.07, 6.45) is 3.03. The Kier molecular flexibility index (Phi) is 4.24. The molecule has 8 heteroatoms. The van der Waals surface area contributed by atoms with Crippen molar-refractivity contribution in [1.29, 1.82) is 0 Å². The topological polar surface area (TPSA) is 80.6 Å². The van der Waals surface area contributed by atoms with Crippen molar-refractivity contribution in [3.8, 4) is 0 Å². The van der Waals surface area contributed by atoms with E-state index < -0.39 is 16.0 Å². The highest BCUT2D eigenvalue weighted by Crippen LogP contribution is 2.38. The Bertz CT molecular complexity index is 704. The summed E-state index contributed by atoms with van der Waals surface area (Å²) < 4.78 is 33.5. The normalized spacial score (nSPS) is 25.8. The second-order valence-electron chi connectivity index (χ2n) is 6.48. The molecule has 1 aromatic rings. The van der Waals surface area contributed by atoms with Crippen LogP contribution in [0.3, 0.4) is 0 Å². The number of sulfonamides is 1. The Labute approximate surface area is 136 Å². The summed E-state index contributed by atoms with van der Waals surface area (Å²) in [6.45, 7) is 2.96. The molecule has 0 saturated carbocycles. The molecule has 0 aromatic carbocycles. The summed E-state index contributed by atoms with van der Waals surface area (Å²) >= 11 is 0. The van der Waals surface area contributed by atoms with E-state index in [1.807, 2.05) is 0 Å². The smallest absolute Gasteiger partial charge is 0.354 e. The van der Waals surface area contributed by atoms with Crippen LogP contribution >= 0.6 is 0 Å². The summed E-state index contributed by atoms with van der Waals surface area (Å²) in [5, 5.41) is 3.52. The van der Waals surface area contributed by atoms with E-state index in [-0.39, 0.29) is 16.1 Å². The van der Waals surface area contributed by atoms with Crippen LogP contribution in [0.1, 0.15) is 29.8 Å². The molecule has 1 aromatic heterocycles. The van der Waals surface area contributed by atoms with E-state index in [1.165, 1.54) is 23.8 Å². The molecule has 7 nitrogen and oxygen atoms in total. The maximum Gasteiger partial charge on any atom is 0.354 e. The number of nitrogens with zero attached hydrogens (tertiary/aromatic N) is 2. The van der Waals surface area contributed by atoms with E-state index in [0.29, 0.717) is 13.1 Å². The van der Waals surface area contributed by atoms with Gasteiger partial charge in [-0.1, -0.05) is 0 Å². The van der Waals surface area contributed by atoms with Crippen molar-refractivity contribution in [3.05, 3.63) is 17.8 Å². The lowest BCUT2D eigenvalue weighted by atomic mass is 9.80. The number of rotatable bonds is 3. The van der Waals surface area contributed by atoms with Crippen LogP contribution in [0.25, 0.3) is 0 Å². The molecule has 0 amide bonds. The number of nitrogens with one attached hydrogen (secondary N) is 1. The Morgan fingerprint density at radius 3 is 2.78 bits per heavy atom. The highest BCUT2D eigenvalue weighted by atomic mass is 32.2. The van der Waals surface area contributed by atoms with Crippen LogP contribution in [0, 0.1) is 5.41 Å². The van der Waals surface area contributed by atoms with Gasteiger partial charge in [0.1, 0.15) is 5.69 Å². The fourth-order valence-corrected chi connectivity index (χ4v) is 5.40. The third-order valence-corrected chi connectivity index (χ3v) is 6.97. The largest absolute Gasteiger partial charge is 0.464 e. The van der Waals surface area contributed by atoms with Crippen molar-refractivity contribution in [2.45, 2.75) is 24.3 Å². The van der Waals surface area contributed by atoms with Crippen LogP contribution in [-0.2, 0) is 21.8 Å². The lowest BCUT2D eigenvalue weighted by Crippen LogP contribution is -2.42. The number of aromatic nitrogens is 1. The molecule has 1 atom stereocenters. The van der Waals surface area contributed by atoms with E-state index in [0.717, 1.165) is 32.4 Å². The number of piperidine rings is 1. The second-order valence-corrected chi connectivity index (χ2v) is 8.36. The van der Waals surface area contributed by atoms with Gasteiger partial charge in [-0.15, -0.1) is 0 Å². The minimum absolute atomic E-state index is 0.0572. The Hall–Kier alpha value is -1.38. The van der Waals surface area contributed by atoms with Crippen molar-refractivity contribution >= 4 is 16.0 Å². The molecule has 1 N–H and O–H groups in total. The van der Waals surface area contributed by atoms with Crippen molar-refractivity contribution in [2.24, 2.45) is 12.5 Å². The summed E-state index contributed by atoms with van der Waals surface area (Å²) in [5.41, 5.74) is 0.293. The molecular formula is C15H23N3O4S. The van der Waals surface area contributed by atoms with Gasteiger partial charge >= 0.3 is 5.97 Å². The molecular weight excluding hydrogens is 318 g/mol. The predicted octanol–water partition coefficient (Wildman–Crippen LogP) is 0.576. The molecule has 2 aliphatic rings. The Morgan fingerprint density at radius 1 is 1.35 bits per heavy atom. The monoisotopic (exact) mass is 341 g/mol. The maximum atomic E-state index is 12.9. The minimum Gasteiger partial charge on any atom is -0.464 e. The lowest BCUT2D eigenvalue weighted by Gasteiger charge is -2.33. The van der Waals surface area contributed by atoms with E-state index >= 15 is 0 Å². The van der Waals surface area contributed by atoms with Crippen molar-refractivity contribution in [3.63, 3.8) is 0 Å². The molecule has 0 aliphatic carbocycles. The standard InChI is InChI=1S/C15H23N3O4S/c1-17-12(14(19)22-2)4-5-13(17)23(20,21)18-9-7-15(11-18)6-3-8-16-10-15/h4-5,16H,3,6-11H2,1-2H3. The molecule has 2 saturated heterocycles. The molecule has 2 fully saturated rings. The zero-order valence-electron chi connectivity index (χ0n) is 13.5. The van der Waals surface area contributed by atoms with Gasteiger partial charge in [-0.3, -0.25) is 0 Å². The zero-order valence-corrected chi connectivity index (χ0v) is 14.4. The van der Waals surface area contributed by atoms with Crippen LogP contribution < -0.4 is 5.32 Å². The van der Waals surface area contributed by atoms with Gasteiger partial charge in [-0.05, 0) is 43.4 Å². The van der Waals surface area contributed by atoms with Gasteiger partial charge in [0.25, 0.3) is 10.0 Å². The quantitative estimate of drug-likeness (QED) is 0.813. The molecule has 1 spiro atoms. The molecule has 3 rings (SSSR count). The molecule has 1 unspecified atom stereocenters. The Morgan fingerprint density at radius 2 is 2.13 bits per heavy atom. The van der Waals surface area contributed by atoms with Gasteiger partial charge < -0.3 is 14.6 Å². The van der Waals surface area contributed by atoms with E-state index in [1.54, 1.807) is 11.4 Å². The number of methoxy groups -OCH3 is 1. The van der Waals surface area contributed by atoms with Crippen LogP contribution in [0.15, 0.2) is 17.2 Å². The average molecular weight is 341 g/mol. The van der Waals surface area contributed by atoms with Gasteiger partial charge in [0.15, 0.2) is 5.03 Å². The van der Waals surface area contributed by atoms with E-state index in [2.05, 4.69) is 10.1 Å². The van der Waals surface area contributed by atoms with Gasteiger partial charge in [0.2, 0.25) is 0 Å². The first-order valence-corrected chi connectivity index (χ1v) is 9.29. The SMILES string of the molecule is COC(=O)c1ccc(S(=O)(=O)N2CCC3(CCCNC3)C2)n1C. The second kappa shape index (κ2) is 5.92. The molecule has 3 heterocycles. The fourth-order valence-electron chi connectivity index (χ4n) is 3.67. The van der Waals surface area contributed by atoms with Gasteiger partial charge in [-0.25, -0.2) is 13.2 Å². The molecule has 0 bridgehead atoms. The van der Waals surface area contributed by atoms with Gasteiger partial charge in [0, 0.05) is 26.7 Å². The zero-order chi connectivity index (χ0) is 16.7. The number of esters is 1. The lowest BCUT2D eigenvalue weighted by molar-refractivity contribution is 0.0589. The molecule has 23 heavy (non-hydrogen) atoms. The summed E-state index contributed by atoms with van der Waals surface area (Å²) in [6, 6.07) is 2.97. The first kappa shape index (κ1) is 16.5. The van der Waals surface area contributed by atoms with Gasteiger partial charge in [-0.2, -0.15) is 4.31 Å². The van der Waals surface area contributed by atoms with Crippen molar-refractivity contribution in [1.82, 2.24) is 14.2 Å². The highest BCUT2D eigenvalue weighted by Gasteiger charge is 2.44. The maximum absolute atomic E-state index is 12.9. The summed E-state index contributed by atoms with van der Waals surface area (Å²) in [7, 11) is -0.747. The van der Waals surface area contributed by atoms with Crippen molar-refractivity contribution in [2.75, 3.05) is 33.3 Å². The summed E-state index contributed by atoms with van der Waals surface area (Å²) in [5.74, 6) is -0.539. The minimum atomic E-state index is -3.60. The first-order valence-electron chi connectivity index (χ1n) is 7.85. The number of hydrogen-bond acceptors (Lipinski definition) is 5. The van der Waals surface area contributed by atoms with Crippen molar-refractivity contribution < 1.29 is 17.9 Å². The Balaban J connectivity index is 1.85. The summed E-state index contributed by atoms with van der Waals surface area (Å²) in [4.78, 5) is 11.7. The number of hydrogen-bond donors (Lipinski definition) is 1. The number of ether oxygens (including phenoxy) is 1. The van der Waals surface area contributed by atoms with E-state index in [9.17, 15) is 13.2 Å². The third kappa shape index (κ3) is 2.79. The van der Waals surface area contributed by atoms with Crippen LogP contribution in [0.4, 0.5) is 0 Å². The average Bonchev–Trinajstić information content (AvgIpc) is 3.12. The first-order chi connectivity index (χ1) is 10.9. The van der Waals surface area contributed by atoms with Gasteiger partial charge in [0.05, 0.1) is 7.11 Å². The molecule has 2 aliphatic heterocycles. The third-order valence-electron chi connectivity index (χ3n) is 5.04. The number of carbonyl (C=O) groups excluding carboxylic acids is 1. The molecule has 128 valence electrons. The van der Waals surface area contributed by atoms with Crippen LogP contribution in [0.5, 0.6) is 0 Å². The van der Waals surface area contributed by atoms with Crippen LogP contribution in [-0.4, -0.2) is 56.5 Å². The van der Waals surface area contributed by atoms with E-state index in [4.69, 9.17) is 0 Å². The highest BCUT2D eigenvalue weighted by molar-refractivity contribution is 7.89. The number of carbonyl (C=O) groups is 1. The fraction of sp³-hybridized carbons (Fsp3) is 0.667. The molecule has 0 radical (unpaired) electrons.